The summed E-state index contributed by atoms with van der Waals surface area (Å²) < 4.78 is 5.66. The highest BCUT2D eigenvalue weighted by atomic mass is 79.9. The van der Waals surface area contributed by atoms with E-state index in [1.807, 2.05) is 37.3 Å². The summed E-state index contributed by atoms with van der Waals surface area (Å²) in [6.07, 6.45) is 0.990. The number of benzene rings is 2. The van der Waals surface area contributed by atoms with Crippen LogP contribution in [0.15, 0.2) is 48.5 Å². The molecule has 2 aromatic carbocycles. The van der Waals surface area contributed by atoms with Crippen molar-refractivity contribution in [3.05, 3.63) is 59.7 Å². The number of ether oxygens (including phenoxy) is 1. The van der Waals surface area contributed by atoms with E-state index in [2.05, 4.69) is 31.9 Å². The van der Waals surface area contributed by atoms with Crippen LogP contribution in [-0.4, -0.2) is 44.8 Å². The molecule has 0 spiro atoms. The Kier molecular flexibility index (Phi) is 6.50. The van der Waals surface area contributed by atoms with Crippen molar-refractivity contribution in [3.63, 3.8) is 0 Å². The number of amides is 3. The van der Waals surface area contributed by atoms with E-state index in [1.165, 1.54) is 4.90 Å². The highest BCUT2D eigenvalue weighted by Crippen LogP contribution is 2.60. The average Bonchev–Trinajstić information content (AvgIpc) is 3.62. The second-order valence-electron chi connectivity index (χ2n) is 10.9. The monoisotopic (exact) mass is 642 g/mol. The van der Waals surface area contributed by atoms with Gasteiger partial charge in [-0.05, 0) is 61.4 Å². The highest BCUT2D eigenvalue weighted by Gasteiger charge is 2.66. The molecule has 2 saturated carbocycles. The maximum absolute atomic E-state index is 13.4. The van der Waals surface area contributed by atoms with Crippen molar-refractivity contribution in [2.75, 3.05) is 11.4 Å². The Morgan fingerprint density at radius 3 is 2.21 bits per heavy atom. The summed E-state index contributed by atoms with van der Waals surface area (Å²) in [5, 5.41) is 0. The normalized spacial score (nSPS) is 32.7. The van der Waals surface area contributed by atoms with E-state index in [0.717, 1.165) is 12.0 Å². The maximum atomic E-state index is 13.4. The summed E-state index contributed by atoms with van der Waals surface area (Å²) in [6.45, 7) is 4.06. The van der Waals surface area contributed by atoms with Crippen LogP contribution >= 0.6 is 31.9 Å². The first-order valence-electron chi connectivity index (χ1n) is 13.0. The summed E-state index contributed by atoms with van der Waals surface area (Å²) in [4.78, 5) is 55.9. The number of halogens is 2. The van der Waals surface area contributed by atoms with E-state index < -0.39 is 11.9 Å². The van der Waals surface area contributed by atoms with E-state index in [0.29, 0.717) is 23.5 Å². The van der Waals surface area contributed by atoms with Gasteiger partial charge in [-0.3, -0.25) is 19.2 Å². The lowest BCUT2D eigenvalue weighted by atomic mass is 9.81. The first-order valence-corrected chi connectivity index (χ1v) is 14.8. The van der Waals surface area contributed by atoms with E-state index in [4.69, 9.17) is 4.74 Å². The summed E-state index contributed by atoms with van der Waals surface area (Å²) in [7, 11) is 0. The second-order valence-corrected chi connectivity index (χ2v) is 13.0. The Balaban J connectivity index is 1.14. The maximum Gasteiger partial charge on any atom is 0.316 e. The Morgan fingerprint density at radius 1 is 0.974 bits per heavy atom. The van der Waals surface area contributed by atoms with Crippen LogP contribution < -0.4 is 9.64 Å². The van der Waals surface area contributed by atoms with E-state index in [-0.39, 0.29) is 63.5 Å². The molecular weight excluding hydrogens is 616 g/mol. The minimum absolute atomic E-state index is 0.0724. The van der Waals surface area contributed by atoms with Gasteiger partial charge in [-0.2, -0.15) is 0 Å². The van der Waals surface area contributed by atoms with Crippen molar-refractivity contribution in [1.82, 2.24) is 4.90 Å². The quantitative estimate of drug-likeness (QED) is 0.202. The largest absolute Gasteiger partial charge is 0.426 e. The molecule has 0 aromatic heterocycles. The third-order valence-corrected chi connectivity index (χ3v) is 12.1. The molecule has 2 heterocycles. The lowest BCUT2D eigenvalue weighted by Gasteiger charge is -2.28. The number of imide groups is 1. The fourth-order valence-electron chi connectivity index (χ4n) is 6.90. The number of aryl methyl sites for hydroxylation is 1. The molecule has 0 radical (unpaired) electrons. The molecule has 0 N–H and O–H groups in total. The van der Waals surface area contributed by atoms with Crippen LogP contribution in [0.3, 0.4) is 0 Å². The third kappa shape index (κ3) is 3.96. The molecule has 9 heteroatoms. The average molecular weight is 644 g/mol. The zero-order chi connectivity index (χ0) is 26.9. The van der Waals surface area contributed by atoms with E-state index in [9.17, 15) is 19.2 Å². The van der Waals surface area contributed by atoms with Crippen molar-refractivity contribution in [3.8, 4) is 5.75 Å². The third-order valence-electron chi connectivity index (χ3n) is 8.86. The predicted octanol–water partition coefficient (Wildman–Crippen LogP) is 4.79. The summed E-state index contributed by atoms with van der Waals surface area (Å²) >= 11 is 7.44. The molecule has 4 fully saturated rings. The number of hydrogen-bond donors (Lipinski definition) is 0. The van der Waals surface area contributed by atoms with Crippen molar-refractivity contribution in [2.45, 2.75) is 42.4 Å². The summed E-state index contributed by atoms with van der Waals surface area (Å²) in [6, 6.07) is 14.6. The number of nitrogens with zero attached hydrogens (tertiary/aromatic N) is 2. The molecule has 2 aliphatic heterocycles. The molecule has 6 rings (SSSR count). The molecule has 2 aliphatic carbocycles. The van der Waals surface area contributed by atoms with Crippen LogP contribution in [0, 0.1) is 36.5 Å². The van der Waals surface area contributed by atoms with E-state index >= 15 is 0 Å². The Hall–Kier alpha value is -2.52. The van der Waals surface area contributed by atoms with Gasteiger partial charge < -0.3 is 9.64 Å². The van der Waals surface area contributed by atoms with Gasteiger partial charge in [-0.1, -0.05) is 62.2 Å². The van der Waals surface area contributed by atoms with Gasteiger partial charge in [-0.25, -0.2) is 4.90 Å². The van der Waals surface area contributed by atoms with Gasteiger partial charge in [0.25, 0.3) is 0 Å². The van der Waals surface area contributed by atoms with Crippen molar-refractivity contribution in [2.24, 2.45) is 29.6 Å². The van der Waals surface area contributed by atoms with Gasteiger partial charge in [0.15, 0.2) is 0 Å². The number of rotatable bonds is 5. The number of fused-ring (bicyclic) bond motifs is 5. The molecular formula is C29H28Br2N2O5. The van der Waals surface area contributed by atoms with Crippen molar-refractivity contribution in [1.29, 1.82) is 0 Å². The first-order chi connectivity index (χ1) is 18.2. The number of carbonyl (C=O) groups excluding carboxylic acids is 4. The van der Waals surface area contributed by atoms with Crippen LogP contribution in [0.4, 0.5) is 5.69 Å². The van der Waals surface area contributed by atoms with Crippen molar-refractivity contribution >= 4 is 61.2 Å². The molecule has 0 unspecified atom stereocenters. The van der Waals surface area contributed by atoms with Gasteiger partial charge >= 0.3 is 5.97 Å². The molecule has 38 heavy (non-hydrogen) atoms. The van der Waals surface area contributed by atoms with Crippen LogP contribution in [0.25, 0.3) is 0 Å². The Labute approximate surface area is 238 Å². The molecule has 8 atom stereocenters. The molecule has 198 valence electrons. The van der Waals surface area contributed by atoms with E-state index in [1.54, 1.807) is 30.0 Å². The van der Waals surface area contributed by atoms with Gasteiger partial charge in [0.1, 0.15) is 5.75 Å². The number of hydrogen-bond acceptors (Lipinski definition) is 5. The summed E-state index contributed by atoms with van der Waals surface area (Å²) in [5.41, 5.74) is 2.23. The Bertz CT molecular complexity index is 1300. The number of alkyl halides is 2. The molecule has 4 aliphatic rings. The number of likely N-dealkylation sites (tertiary alicyclic amines) is 1. The number of anilines is 1. The van der Waals surface area contributed by atoms with Gasteiger partial charge in [0.05, 0.1) is 29.5 Å². The van der Waals surface area contributed by atoms with Crippen LogP contribution in [0.2, 0.25) is 0 Å². The van der Waals surface area contributed by atoms with Crippen LogP contribution in [-0.2, 0) is 19.2 Å². The zero-order valence-corrected chi connectivity index (χ0v) is 24.2. The minimum Gasteiger partial charge on any atom is -0.426 e. The van der Waals surface area contributed by atoms with Gasteiger partial charge in [0, 0.05) is 22.6 Å². The van der Waals surface area contributed by atoms with Crippen LogP contribution in [0.1, 0.15) is 36.9 Å². The second kappa shape index (κ2) is 9.59. The molecule has 3 amide bonds. The van der Waals surface area contributed by atoms with Gasteiger partial charge in [0.2, 0.25) is 17.7 Å². The lowest BCUT2D eigenvalue weighted by Crippen LogP contribution is -2.37. The smallest absolute Gasteiger partial charge is 0.316 e. The van der Waals surface area contributed by atoms with Gasteiger partial charge in [-0.15, -0.1) is 0 Å². The number of esters is 1. The molecule has 2 saturated heterocycles. The first kappa shape index (κ1) is 25.7. The molecule has 7 nitrogen and oxygen atoms in total. The van der Waals surface area contributed by atoms with Crippen LogP contribution in [0.5, 0.6) is 5.75 Å². The topological polar surface area (TPSA) is 84.0 Å². The Morgan fingerprint density at radius 2 is 1.61 bits per heavy atom. The summed E-state index contributed by atoms with van der Waals surface area (Å²) in [5.74, 6) is -1.31. The minimum atomic E-state index is -0.556. The van der Waals surface area contributed by atoms with Crippen molar-refractivity contribution < 1.29 is 23.9 Å². The highest BCUT2D eigenvalue weighted by molar-refractivity contribution is 9.12. The standard InChI is InChI=1S/C29H28Br2N2O5/c1-14-10-18(38-29(37)17-11-22(34)32(13-17)15(2)16-6-4-3-5-7-16)8-9-21(14)33-27(35)23-19-12-20(24(23)28(33)36)26(31)25(19)30/h3-10,15,17,19-20,23-26H,11-13H2,1-2H3/t15-,17-,19-,20-,23-,24+,25+,26+/m1/s1. The fourth-order valence-corrected chi connectivity index (χ4v) is 8.78. The zero-order valence-electron chi connectivity index (χ0n) is 21.1. The fraction of sp³-hybridized carbons (Fsp3) is 0.448. The molecule has 2 bridgehead atoms. The predicted molar refractivity (Wildman–Crippen MR) is 148 cm³/mol. The SMILES string of the molecule is Cc1cc(OC(=O)[C@@H]2CC(=O)N([C@H](C)c3ccccc3)C2)ccc1N1C(=O)[C@@H]2[C@H]3C[C@@H]([C@H](Br)[C@H]3Br)[C@@H]2C1=O. The lowest BCUT2D eigenvalue weighted by molar-refractivity contribution is -0.139. The molecule has 2 aromatic rings. The number of carbonyl (C=O) groups is 4.